The van der Waals surface area contributed by atoms with Crippen LogP contribution in [0.5, 0.6) is 5.75 Å². The van der Waals surface area contributed by atoms with Crippen molar-refractivity contribution in [1.29, 1.82) is 0 Å². The number of nitrogens with one attached hydrogen (secondary N) is 1. The number of fused-ring (bicyclic) bond motifs is 1. The second-order valence-electron chi connectivity index (χ2n) is 6.60. The van der Waals surface area contributed by atoms with E-state index in [0.717, 1.165) is 24.4 Å². The van der Waals surface area contributed by atoms with Crippen LogP contribution in [0.25, 0.3) is 0 Å². The average molecular weight is 325 g/mol. The summed E-state index contributed by atoms with van der Waals surface area (Å²) in [5.41, 5.74) is 3.55. The molecule has 2 aromatic rings. The molecule has 1 amide bonds. The largest absolute Gasteiger partial charge is 0.497 e. The number of anilines is 1. The number of carbonyl (C=O) groups excluding carboxylic acids is 1. The zero-order valence-corrected chi connectivity index (χ0v) is 14.6. The normalized spacial score (nSPS) is 17.5. The Morgan fingerprint density at radius 1 is 1.21 bits per heavy atom. The van der Waals surface area contributed by atoms with Crippen molar-refractivity contribution in [3.8, 4) is 5.75 Å². The van der Waals surface area contributed by atoms with Gasteiger partial charge in [-0.3, -0.25) is 4.79 Å². The van der Waals surface area contributed by atoms with Gasteiger partial charge in [0.1, 0.15) is 12.3 Å². The lowest BCUT2D eigenvalue weighted by atomic mass is 10.1. The molecule has 0 saturated heterocycles. The summed E-state index contributed by atoms with van der Waals surface area (Å²) < 4.78 is 5.18. The first-order chi connectivity index (χ1) is 11.6. The summed E-state index contributed by atoms with van der Waals surface area (Å²) in [5.74, 6) is 1.05. The molecule has 0 bridgehead atoms. The number of benzene rings is 2. The van der Waals surface area contributed by atoms with E-state index in [2.05, 4.69) is 38.2 Å². The van der Waals surface area contributed by atoms with Gasteiger partial charge in [0.05, 0.1) is 14.2 Å². The monoisotopic (exact) mass is 325 g/mol. The van der Waals surface area contributed by atoms with Crippen LogP contribution in [0.15, 0.2) is 48.5 Å². The van der Waals surface area contributed by atoms with Crippen molar-refractivity contribution in [1.82, 2.24) is 0 Å². The van der Waals surface area contributed by atoms with Crippen molar-refractivity contribution < 1.29 is 14.4 Å². The number of carbonyl (C=O) groups is 1. The number of hydrogen-bond donors (Lipinski definition) is 1. The van der Waals surface area contributed by atoms with Crippen LogP contribution in [0.3, 0.4) is 0 Å². The summed E-state index contributed by atoms with van der Waals surface area (Å²) in [6, 6.07) is 16.5. The summed E-state index contributed by atoms with van der Waals surface area (Å²) in [7, 11) is 3.73. The number of para-hydroxylation sites is 1. The van der Waals surface area contributed by atoms with Crippen molar-refractivity contribution >= 4 is 11.6 Å². The number of methoxy groups -OCH3 is 1. The highest BCUT2D eigenvalue weighted by atomic mass is 16.5. The quantitative estimate of drug-likeness (QED) is 0.908. The lowest BCUT2D eigenvalue weighted by Crippen LogP contribution is -3.09. The highest BCUT2D eigenvalue weighted by Crippen LogP contribution is 2.31. The number of rotatable bonds is 5. The van der Waals surface area contributed by atoms with Crippen molar-refractivity contribution in [2.75, 3.05) is 25.6 Å². The Labute approximate surface area is 143 Å². The molecule has 4 nitrogen and oxygen atoms in total. The Morgan fingerprint density at radius 3 is 2.62 bits per heavy atom. The fourth-order valence-electron chi connectivity index (χ4n) is 3.44. The van der Waals surface area contributed by atoms with Crippen LogP contribution >= 0.6 is 0 Å². The maximum atomic E-state index is 12.8. The third-order valence-electron chi connectivity index (χ3n) is 4.59. The van der Waals surface area contributed by atoms with Gasteiger partial charge in [0.15, 0.2) is 6.54 Å². The number of ether oxygens (including phenoxy) is 1. The molecule has 1 aliphatic heterocycles. The molecule has 0 radical (unpaired) electrons. The minimum absolute atomic E-state index is 0.193. The van der Waals surface area contributed by atoms with Crippen LogP contribution in [0.4, 0.5) is 5.69 Å². The van der Waals surface area contributed by atoms with Crippen LogP contribution in [-0.4, -0.2) is 32.7 Å². The molecule has 3 rings (SSSR count). The van der Waals surface area contributed by atoms with E-state index in [-0.39, 0.29) is 11.9 Å². The van der Waals surface area contributed by atoms with Crippen LogP contribution in [0, 0.1) is 0 Å². The molecule has 2 atom stereocenters. The summed E-state index contributed by atoms with van der Waals surface area (Å²) in [6.07, 6.45) is 0.944. The van der Waals surface area contributed by atoms with E-state index < -0.39 is 0 Å². The van der Waals surface area contributed by atoms with Gasteiger partial charge in [-0.2, -0.15) is 0 Å². The minimum Gasteiger partial charge on any atom is -0.497 e. The van der Waals surface area contributed by atoms with Gasteiger partial charge in [0.25, 0.3) is 5.91 Å². The summed E-state index contributed by atoms with van der Waals surface area (Å²) >= 11 is 0. The van der Waals surface area contributed by atoms with Gasteiger partial charge in [-0.25, -0.2) is 0 Å². The van der Waals surface area contributed by atoms with Crippen molar-refractivity contribution in [3.05, 3.63) is 59.7 Å². The van der Waals surface area contributed by atoms with E-state index in [9.17, 15) is 4.79 Å². The molecule has 1 heterocycles. The zero-order valence-electron chi connectivity index (χ0n) is 14.6. The van der Waals surface area contributed by atoms with Gasteiger partial charge in [-0.1, -0.05) is 18.2 Å². The van der Waals surface area contributed by atoms with E-state index in [1.165, 1.54) is 16.0 Å². The van der Waals surface area contributed by atoms with Gasteiger partial charge in [0, 0.05) is 17.3 Å². The van der Waals surface area contributed by atoms with E-state index in [1.54, 1.807) is 7.11 Å². The van der Waals surface area contributed by atoms with E-state index in [1.807, 2.05) is 29.2 Å². The molecular weight excluding hydrogens is 300 g/mol. The van der Waals surface area contributed by atoms with Crippen molar-refractivity contribution in [3.63, 3.8) is 0 Å². The average Bonchev–Trinajstić information content (AvgIpc) is 2.91. The minimum atomic E-state index is 0.193. The predicted molar refractivity (Wildman–Crippen MR) is 95.5 cm³/mol. The molecule has 0 aromatic heterocycles. The van der Waals surface area contributed by atoms with Crippen LogP contribution in [-0.2, 0) is 17.8 Å². The first kappa shape index (κ1) is 16.5. The highest BCUT2D eigenvalue weighted by molar-refractivity contribution is 5.96. The van der Waals surface area contributed by atoms with Crippen molar-refractivity contribution in [2.45, 2.75) is 25.9 Å². The Kier molecular flexibility index (Phi) is 4.86. The Morgan fingerprint density at radius 2 is 1.92 bits per heavy atom. The third-order valence-corrected chi connectivity index (χ3v) is 4.59. The van der Waals surface area contributed by atoms with Gasteiger partial charge in [-0.15, -0.1) is 0 Å². The first-order valence-corrected chi connectivity index (χ1v) is 8.42. The standard InChI is InChI=1S/C20H24N2O2/c1-15-12-17-6-4-5-7-19(17)22(15)20(23)14-21(2)13-16-8-10-18(24-3)11-9-16/h4-11,15H,12-14H2,1-3H3/p+1/t15-/m1/s1. The van der Waals surface area contributed by atoms with Gasteiger partial charge in [0.2, 0.25) is 0 Å². The lowest BCUT2D eigenvalue weighted by molar-refractivity contribution is -0.885. The lowest BCUT2D eigenvalue weighted by Gasteiger charge is -2.24. The Bertz CT molecular complexity index is 712. The molecule has 1 unspecified atom stereocenters. The smallest absolute Gasteiger partial charge is 0.282 e. The summed E-state index contributed by atoms with van der Waals surface area (Å²) in [5, 5.41) is 0. The fourth-order valence-corrected chi connectivity index (χ4v) is 3.44. The Balaban J connectivity index is 1.63. The van der Waals surface area contributed by atoms with Crippen LogP contribution in [0.2, 0.25) is 0 Å². The molecule has 1 aliphatic rings. The number of amides is 1. The van der Waals surface area contributed by atoms with Crippen LogP contribution < -0.4 is 14.5 Å². The highest BCUT2D eigenvalue weighted by Gasteiger charge is 2.31. The van der Waals surface area contributed by atoms with Gasteiger partial charge < -0.3 is 14.5 Å². The number of quaternary nitrogens is 1. The van der Waals surface area contributed by atoms with Crippen LogP contribution in [0.1, 0.15) is 18.1 Å². The maximum Gasteiger partial charge on any atom is 0.282 e. The molecule has 126 valence electrons. The Hall–Kier alpha value is -2.33. The first-order valence-electron chi connectivity index (χ1n) is 8.42. The molecule has 0 aliphatic carbocycles. The molecule has 24 heavy (non-hydrogen) atoms. The molecule has 4 heteroatoms. The second kappa shape index (κ2) is 7.05. The third kappa shape index (κ3) is 3.44. The summed E-state index contributed by atoms with van der Waals surface area (Å²) in [6.45, 7) is 3.43. The number of nitrogens with zero attached hydrogens (tertiary/aromatic N) is 1. The van der Waals surface area contributed by atoms with Gasteiger partial charge >= 0.3 is 0 Å². The molecule has 0 saturated carbocycles. The topological polar surface area (TPSA) is 34.0 Å². The molecule has 0 spiro atoms. The number of hydrogen-bond acceptors (Lipinski definition) is 2. The zero-order chi connectivity index (χ0) is 17.1. The SMILES string of the molecule is COc1ccc(C[NH+](C)CC(=O)N2c3ccccc3C[C@H]2C)cc1. The fraction of sp³-hybridized carbons (Fsp3) is 0.350. The summed E-state index contributed by atoms with van der Waals surface area (Å²) in [4.78, 5) is 16.0. The molecule has 2 aromatic carbocycles. The van der Waals surface area contributed by atoms with Crippen molar-refractivity contribution in [2.24, 2.45) is 0 Å². The predicted octanol–water partition coefficient (Wildman–Crippen LogP) is 1.69. The molecular formula is C20H25N2O2+. The van der Waals surface area contributed by atoms with E-state index in [0.29, 0.717) is 6.54 Å². The van der Waals surface area contributed by atoms with E-state index >= 15 is 0 Å². The maximum absolute atomic E-state index is 12.8. The number of likely N-dealkylation sites (N-methyl/N-ethyl adjacent to an activating group) is 1. The van der Waals surface area contributed by atoms with Gasteiger partial charge in [-0.05, 0) is 49.2 Å². The molecule has 1 N–H and O–H groups in total. The second-order valence-corrected chi connectivity index (χ2v) is 6.60. The molecule has 0 fully saturated rings. The van der Waals surface area contributed by atoms with E-state index in [4.69, 9.17) is 4.74 Å².